The number of phenols is 1. The number of aromatic hydroxyl groups is 1. The summed E-state index contributed by atoms with van der Waals surface area (Å²) in [6, 6.07) is 3.88. The molecule has 3 heteroatoms. The van der Waals surface area contributed by atoms with Crippen molar-refractivity contribution in [2.75, 3.05) is 13.6 Å². The van der Waals surface area contributed by atoms with E-state index in [1.165, 1.54) is 0 Å². The second kappa shape index (κ2) is 6.01. The number of likely N-dealkylation sites (N-methyl/N-ethyl adjacent to an activating group) is 1. The van der Waals surface area contributed by atoms with Gasteiger partial charge >= 0.3 is 0 Å². The lowest BCUT2D eigenvalue weighted by Crippen LogP contribution is -2.20. The number of nitrogens with one attached hydrogen (secondary N) is 1. The lowest BCUT2D eigenvalue weighted by atomic mass is 9.89. The van der Waals surface area contributed by atoms with Gasteiger partial charge in [-0.05, 0) is 30.0 Å². The van der Waals surface area contributed by atoms with Crippen molar-refractivity contribution in [1.29, 1.82) is 0 Å². The summed E-state index contributed by atoms with van der Waals surface area (Å²) in [5.41, 5.74) is 2.22. The van der Waals surface area contributed by atoms with E-state index in [4.69, 9.17) is 0 Å². The third-order valence-corrected chi connectivity index (χ3v) is 3.10. The normalized spacial score (nSPS) is 11.3. The number of hydrogen-bond donors (Lipinski definition) is 2. The Balaban J connectivity index is 3.40. The topological polar surface area (TPSA) is 49.3 Å². The molecule has 0 radical (unpaired) electrons. The Bertz CT molecular complexity index is 436. The van der Waals surface area contributed by atoms with Crippen LogP contribution in [0.1, 0.15) is 61.0 Å². The van der Waals surface area contributed by atoms with Crippen molar-refractivity contribution in [3.63, 3.8) is 0 Å². The Morgan fingerprint density at radius 3 is 2.11 bits per heavy atom. The molecule has 1 aromatic carbocycles. The number of ketones is 1. The summed E-state index contributed by atoms with van der Waals surface area (Å²) in [5, 5.41) is 13.2. The van der Waals surface area contributed by atoms with Crippen LogP contribution in [0.25, 0.3) is 0 Å². The average Bonchev–Trinajstić information content (AvgIpc) is 2.27. The van der Waals surface area contributed by atoms with Crippen LogP contribution >= 0.6 is 0 Å². The van der Waals surface area contributed by atoms with E-state index in [-0.39, 0.29) is 29.9 Å². The second-order valence-electron chi connectivity index (χ2n) is 5.23. The first-order valence-corrected chi connectivity index (χ1v) is 6.43. The lowest BCUT2D eigenvalue weighted by Gasteiger charge is -2.18. The molecule has 0 amide bonds. The van der Waals surface area contributed by atoms with E-state index >= 15 is 0 Å². The molecule has 100 valence electrons. The van der Waals surface area contributed by atoms with Crippen LogP contribution in [0.3, 0.4) is 0 Å². The molecule has 0 bridgehead atoms. The van der Waals surface area contributed by atoms with Gasteiger partial charge in [0.25, 0.3) is 0 Å². The first-order valence-electron chi connectivity index (χ1n) is 6.43. The minimum Gasteiger partial charge on any atom is -0.507 e. The van der Waals surface area contributed by atoms with Gasteiger partial charge < -0.3 is 10.4 Å². The standard InChI is InChI=1S/C15H23NO2/c1-9(2)11-6-7-12(10(3)4)15(18)14(11)13(17)8-16-5/h6-7,9-10,16,18H,8H2,1-5H3. The van der Waals surface area contributed by atoms with Crippen molar-refractivity contribution in [3.8, 4) is 5.75 Å². The summed E-state index contributed by atoms with van der Waals surface area (Å²) in [6.07, 6.45) is 0. The molecule has 3 nitrogen and oxygen atoms in total. The van der Waals surface area contributed by atoms with Crippen LogP contribution in [0.5, 0.6) is 5.75 Å². The predicted molar refractivity (Wildman–Crippen MR) is 74.5 cm³/mol. The maximum Gasteiger partial charge on any atom is 0.180 e. The summed E-state index contributed by atoms with van der Waals surface area (Å²) >= 11 is 0. The number of carbonyl (C=O) groups is 1. The Morgan fingerprint density at radius 2 is 1.67 bits per heavy atom. The van der Waals surface area contributed by atoms with Gasteiger partial charge in [-0.25, -0.2) is 0 Å². The van der Waals surface area contributed by atoms with Crippen LogP contribution in [0.4, 0.5) is 0 Å². The van der Waals surface area contributed by atoms with Crippen LogP contribution in [-0.4, -0.2) is 24.5 Å². The highest BCUT2D eigenvalue weighted by Gasteiger charge is 2.21. The Hall–Kier alpha value is -1.35. The van der Waals surface area contributed by atoms with E-state index in [1.54, 1.807) is 7.05 Å². The number of hydrogen-bond acceptors (Lipinski definition) is 3. The molecular formula is C15H23NO2. The summed E-state index contributed by atoms with van der Waals surface area (Å²) in [6.45, 7) is 8.32. The second-order valence-corrected chi connectivity index (χ2v) is 5.23. The summed E-state index contributed by atoms with van der Waals surface area (Å²) in [5.74, 6) is 0.512. The average molecular weight is 249 g/mol. The molecule has 0 fully saturated rings. The van der Waals surface area contributed by atoms with Crippen LogP contribution in [0, 0.1) is 0 Å². The smallest absolute Gasteiger partial charge is 0.180 e. The molecule has 1 aromatic rings. The summed E-state index contributed by atoms with van der Waals surface area (Å²) < 4.78 is 0. The minimum absolute atomic E-state index is 0.0544. The Labute approximate surface area is 109 Å². The lowest BCUT2D eigenvalue weighted by molar-refractivity contribution is 0.0989. The number of Topliss-reactive ketones (excluding diaryl/α,β-unsaturated/α-hetero) is 1. The van der Waals surface area contributed by atoms with Gasteiger partial charge in [-0.2, -0.15) is 0 Å². The first kappa shape index (κ1) is 14.7. The predicted octanol–water partition coefficient (Wildman–Crippen LogP) is 3.04. The van der Waals surface area contributed by atoms with Crippen LogP contribution < -0.4 is 5.32 Å². The molecule has 2 N–H and O–H groups in total. The third-order valence-electron chi connectivity index (χ3n) is 3.10. The first-order chi connectivity index (χ1) is 8.40. The van der Waals surface area contributed by atoms with Crippen molar-refractivity contribution in [2.45, 2.75) is 39.5 Å². The molecule has 0 spiro atoms. The molecule has 1 rings (SSSR count). The van der Waals surface area contributed by atoms with Crippen LogP contribution in [-0.2, 0) is 0 Å². The molecule has 0 aromatic heterocycles. The summed E-state index contributed by atoms with van der Waals surface area (Å²) in [4.78, 5) is 12.1. The molecule has 0 atom stereocenters. The molecule has 0 aliphatic heterocycles. The van der Waals surface area contributed by atoms with Gasteiger partial charge in [-0.1, -0.05) is 39.8 Å². The zero-order valence-corrected chi connectivity index (χ0v) is 11.9. The molecule has 0 aliphatic rings. The molecule has 0 saturated carbocycles. The number of rotatable bonds is 5. The molecule has 0 saturated heterocycles. The molecule has 18 heavy (non-hydrogen) atoms. The fourth-order valence-corrected chi connectivity index (χ4v) is 2.11. The van der Waals surface area contributed by atoms with Gasteiger partial charge in [0, 0.05) is 0 Å². The van der Waals surface area contributed by atoms with Crippen LogP contribution in [0.15, 0.2) is 12.1 Å². The highest BCUT2D eigenvalue weighted by Crippen LogP contribution is 2.34. The van der Waals surface area contributed by atoms with Crippen LogP contribution in [0.2, 0.25) is 0 Å². The van der Waals surface area contributed by atoms with Crippen molar-refractivity contribution in [2.24, 2.45) is 0 Å². The third kappa shape index (κ3) is 2.91. The SMILES string of the molecule is CNCC(=O)c1c(C(C)C)ccc(C(C)C)c1O. The van der Waals surface area contributed by atoms with Gasteiger partial charge in [0.1, 0.15) is 5.75 Å². The quantitative estimate of drug-likeness (QED) is 0.789. The van der Waals surface area contributed by atoms with Gasteiger partial charge in [-0.3, -0.25) is 4.79 Å². The monoisotopic (exact) mass is 249 g/mol. The highest BCUT2D eigenvalue weighted by atomic mass is 16.3. The fourth-order valence-electron chi connectivity index (χ4n) is 2.11. The van der Waals surface area contributed by atoms with Crippen molar-refractivity contribution in [1.82, 2.24) is 5.32 Å². The molecule has 0 heterocycles. The fraction of sp³-hybridized carbons (Fsp3) is 0.533. The number of benzene rings is 1. The minimum atomic E-state index is -0.0544. The van der Waals surface area contributed by atoms with Gasteiger partial charge in [0.15, 0.2) is 5.78 Å². The Morgan fingerprint density at radius 1 is 1.17 bits per heavy atom. The van der Waals surface area contributed by atoms with Crippen molar-refractivity contribution < 1.29 is 9.90 Å². The zero-order valence-electron chi connectivity index (χ0n) is 11.9. The molecule has 0 aliphatic carbocycles. The molecular weight excluding hydrogens is 226 g/mol. The van der Waals surface area contributed by atoms with E-state index < -0.39 is 0 Å². The maximum absolute atomic E-state index is 12.1. The van der Waals surface area contributed by atoms with Crippen molar-refractivity contribution in [3.05, 3.63) is 28.8 Å². The summed E-state index contributed by atoms with van der Waals surface area (Å²) in [7, 11) is 1.73. The van der Waals surface area contributed by atoms with E-state index in [2.05, 4.69) is 5.32 Å². The van der Waals surface area contributed by atoms with E-state index in [0.717, 1.165) is 11.1 Å². The number of carbonyl (C=O) groups excluding carboxylic acids is 1. The number of phenolic OH excluding ortho intramolecular Hbond substituents is 1. The largest absolute Gasteiger partial charge is 0.507 e. The van der Waals surface area contributed by atoms with Crippen molar-refractivity contribution >= 4 is 5.78 Å². The van der Waals surface area contributed by atoms with E-state index in [9.17, 15) is 9.90 Å². The highest BCUT2D eigenvalue weighted by molar-refractivity contribution is 6.02. The zero-order chi connectivity index (χ0) is 13.9. The maximum atomic E-state index is 12.1. The Kier molecular flexibility index (Phi) is 4.91. The van der Waals surface area contributed by atoms with Gasteiger partial charge in [0.05, 0.1) is 12.1 Å². The van der Waals surface area contributed by atoms with E-state index in [1.807, 2.05) is 39.8 Å². The van der Waals surface area contributed by atoms with Gasteiger partial charge in [0.2, 0.25) is 0 Å². The van der Waals surface area contributed by atoms with Gasteiger partial charge in [-0.15, -0.1) is 0 Å². The van der Waals surface area contributed by atoms with E-state index in [0.29, 0.717) is 5.56 Å². The molecule has 0 unspecified atom stereocenters.